The quantitative estimate of drug-likeness (QED) is 0.456. The molecule has 1 aliphatic rings. The molecule has 0 aliphatic heterocycles. The number of hydrogen-bond donors (Lipinski definition) is 2. The Bertz CT molecular complexity index is 595. The fourth-order valence-electron chi connectivity index (χ4n) is 2.72. The zero-order chi connectivity index (χ0) is 16.8. The van der Waals surface area contributed by atoms with Crippen LogP contribution in [0.2, 0.25) is 0 Å². The average molecular weight is 336 g/mol. The number of carbonyl (C=O) groups excluding carboxylic acids is 2. The molecule has 0 aromatic carbocycles. The molecule has 1 amide bonds. The number of thiophene rings is 1. The van der Waals surface area contributed by atoms with Crippen LogP contribution in [0.4, 0.5) is 5.00 Å². The molecular formula is C17H24N2O3S. The van der Waals surface area contributed by atoms with Crippen LogP contribution < -0.4 is 10.6 Å². The first-order valence-electron chi connectivity index (χ1n) is 7.99. The molecule has 0 spiro atoms. The molecular weight excluding hydrogens is 312 g/mol. The summed E-state index contributed by atoms with van der Waals surface area (Å²) in [7, 11) is 0. The predicted molar refractivity (Wildman–Crippen MR) is 93.2 cm³/mol. The molecule has 0 fully saturated rings. The van der Waals surface area contributed by atoms with Crippen LogP contribution in [-0.2, 0) is 22.4 Å². The third-order valence-electron chi connectivity index (χ3n) is 3.82. The number of carbonyl (C=O) groups is 2. The zero-order valence-electron chi connectivity index (χ0n) is 13.7. The molecule has 1 aromatic heterocycles. The van der Waals surface area contributed by atoms with E-state index >= 15 is 0 Å². The molecule has 23 heavy (non-hydrogen) atoms. The smallest absolute Gasteiger partial charge is 0.341 e. The molecule has 1 atom stereocenters. The van der Waals surface area contributed by atoms with E-state index in [0.717, 1.165) is 24.8 Å². The van der Waals surface area contributed by atoms with E-state index in [1.807, 2.05) is 0 Å². The fraction of sp³-hybridized carbons (Fsp3) is 0.529. The van der Waals surface area contributed by atoms with Gasteiger partial charge in [-0.1, -0.05) is 13.0 Å². The van der Waals surface area contributed by atoms with Crippen molar-refractivity contribution in [3.8, 4) is 0 Å². The third-order valence-corrected chi connectivity index (χ3v) is 4.99. The van der Waals surface area contributed by atoms with Gasteiger partial charge in [-0.2, -0.15) is 0 Å². The summed E-state index contributed by atoms with van der Waals surface area (Å²) in [5.41, 5.74) is 1.61. The van der Waals surface area contributed by atoms with Gasteiger partial charge in [0.15, 0.2) is 0 Å². The van der Waals surface area contributed by atoms with Gasteiger partial charge in [-0.3, -0.25) is 4.79 Å². The van der Waals surface area contributed by atoms with Crippen LogP contribution in [0.15, 0.2) is 12.7 Å². The van der Waals surface area contributed by atoms with Crippen LogP contribution in [0.5, 0.6) is 0 Å². The van der Waals surface area contributed by atoms with Crippen molar-refractivity contribution in [1.29, 1.82) is 0 Å². The number of ether oxygens (including phenoxy) is 1. The lowest BCUT2D eigenvalue weighted by molar-refractivity contribution is -0.115. The molecule has 1 aliphatic carbocycles. The summed E-state index contributed by atoms with van der Waals surface area (Å²) >= 11 is 1.51. The van der Waals surface area contributed by atoms with Crippen molar-refractivity contribution >= 4 is 28.2 Å². The van der Waals surface area contributed by atoms with E-state index in [9.17, 15) is 9.59 Å². The number of fused-ring (bicyclic) bond motifs is 1. The molecule has 5 nitrogen and oxygen atoms in total. The van der Waals surface area contributed by atoms with Gasteiger partial charge in [0.25, 0.3) is 0 Å². The Labute approximate surface area is 141 Å². The Kier molecular flexibility index (Phi) is 6.36. The van der Waals surface area contributed by atoms with Crippen molar-refractivity contribution in [2.45, 2.75) is 33.1 Å². The molecule has 2 N–H and O–H groups in total. The number of rotatable bonds is 7. The van der Waals surface area contributed by atoms with E-state index in [1.54, 1.807) is 13.0 Å². The number of esters is 1. The predicted octanol–water partition coefficient (Wildman–Crippen LogP) is 2.76. The van der Waals surface area contributed by atoms with Crippen LogP contribution >= 0.6 is 11.3 Å². The summed E-state index contributed by atoms with van der Waals surface area (Å²) in [6, 6.07) is 0. The molecule has 1 aromatic rings. The van der Waals surface area contributed by atoms with E-state index in [-0.39, 0.29) is 18.4 Å². The Morgan fingerprint density at radius 3 is 2.96 bits per heavy atom. The highest BCUT2D eigenvalue weighted by Crippen LogP contribution is 2.40. The normalized spacial score (nSPS) is 16.5. The number of hydrogen-bond acceptors (Lipinski definition) is 5. The van der Waals surface area contributed by atoms with Crippen LogP contribution in [0.25, 0.3) is 0 Å². The Balaban J connectivity index is 2.21. The van der Waals surface area contributed by atoms with Gasteiger partial charge >= 0.3 is 5.97 Å². The summed E-state index contributed by atoms with van der Waals surface area (Å²) in [5, 5.41) is 6.44. The van der Waals surface area contributed by atoms with Crippen molar-refractivity contribution in [3.63, 3.8) is 0 Å². The Morgan fingerprint density at radius 2 is 2.26 bits per heavy atom. The van der Waals surface area contributed by atoms with Gasteiger partial charge in [-0.05, 0) is 37.7 Å². The Hall–Kier alpha value is -1.66. The molecule has 1 heterocycles. The van der Waals surface area contributed by atoms with Crippen molar-refractivity contribution in [1.82, 2.24) is 5.32 Å². The molecule has 2 rings (SSSR count). The largest absolute Gasteiger partial charge is 0.462 e. The minimum Gasteiger partial charge on any atom is -0.462 e. The highest BCUT2D eigenvalue weighted by atomic mass is 32.1. The van der Waals surface area contributed by atoms with E-state index in [0.29, 0.717) is 29.6 Å². The minimum absolute atomic E-state index is 0.163. The number of amides is 1. The third kappa shape index (κ3) is 4.42. The van der Waals surface area contributed by atoms with E-state index in [1.165, 1.54) is 16.2 Å². The molecule has 126 valence electrons. The fourth-order valence-corrected chi connectivity index (χ4v) is 4.13. The number of anilines is 1. The second-order valence-electron chi connectivity index (χ2n) is 5.74. The van der Waals surface area contributed by atoms with Crippen LogP contribution in [0, 0.1) is 5.92 Å². The first-order chi connectivity index (χ1) is 11.1. The van der Waals surface area contributed by atoms with Crippen molar-refractivity contribution in [3.05, 3.63) is 28.7 Å². The van der Waals surface area contributed by atoms with Crippen LogP contribution in [-0.4, -0.2) is 31.6 Å². The maximum atomic E-state index is 12.3. The van der Waals surface area contributed by atoms with E-state index in [4.69, 9.17) is 4.74 Å². The van der Waals surface area contributed by atoms with Gasteiger partial charge in [0.2, 0.25) is 5.91 Å². The van der Waals surface area contributed by atoms with Gasteiger partial charge in [0, 0.05) is 11.4 Å². The van der Waals surface area contributed by atoms with Crippen molar-refractivity contribution < 1.29 is 14.3 Å². The van der Waals surface area contributed by atoms with Crippen molar-refractivity contribution in [2.24, 2.45) is 5.92 Å². The summed E-state index contributed by atoms with van der Waals surface area (Å²) in [5.74, 6) is 0.104. The van der Waals surface area contributed by atoms with E-state index < -0.39 is 0 Å². The Morgan fingerprint density at radius 1 is 1.48 bits per heavy atom. The lowest BCUT2D eigenvalue weighted by Gasteiger charge is -2.18. The van der Waals surface area contributed by atoms with Gasteiger partial charge < -0.3 is 15.4 Å². The molecule has 0 bridgehead atoms. The topological polar surface area (TPSA) is 67.4 Å². The van der Waals surface area contributed by atoms with Crippen LogP contribution in [0.3, 0.4) is 0 Å². The molecule has 6 heteroatoms. The summed E-state index contributed by atoms with van der Waals surface area (Å²) in [4.78, 5) is 25.6. The van der Waals surface area contributed by atoms with E-state index in [2.05, 4.69) is 24.1 Å². The SMILES string of the molecule is C=CCNCC(=O)Nc1sc2c(c1C(=O)OCC)CC[C@@H](C)C2. The molecule has 0 saturated heterocycles. The highest BCUT2D eigenvalue weighted by molar-refractivity contribution is 7.17. The minimum atomic E-state index is -0.339. The maximum absolute atomic E-state index is 12.3. The first-order valence-corrected chi connectivity index (χ1v) is 8.81. The lowest BCUT2D eigenvalue weighted by atomic mass is 9.88. The zero-order valence-corrected chi connectivity index (χ0v) is 14.6. The summed E-state index contributed by atoms with van der Waals surface area (Å²) in [6.07, 6.45) is 4.58. The second kappa shape index (κ2) is 8.26. The summed E-state index contributed by atoms with van der Waals surface area (Å²) in [6.45, 7) is 8.68. The van der Waals surface area contributed by atoms with Crippen molar-refractivity contribution in [2.75, 3.05) is 25.0 Å². The standard InChI is InChI=1S/C17H24N2O3S/c1-4-8-18-10-14(20)19-16-15(17(21)22-5-2)12-7-6-11(3)9-13(12)23-16/h4,11,18H,1,5-10H2,2-3H3,(H,19,20)/t11-/m1/s1. The van der Waals surface area contributed by atoms with Crippen LogP contribution in [0.1, 0.15) is 41.1 Å². The van der Waals surface area contributed by atoms with Gasteiger partial charge in [-0.15, -0.1) is 17.9 Å². The van der Waals surface area contributed by atoms with Gasteiger partial charge in [0.05, 0.1) is 18.7 Å². The summed E-state index contributed by atoms with van der Waals surface area (Å²) < 4.78 is 5.19. The molecule has 0 saturated carbocycles. The second-order valence-corrected chi connectivity index (χ2v) is 6.85. The molecule has 0 unspecified atom stereocenters. The van der Waals surface area contributed by atoms with Gasteiger partial charge in [-0.25, -0.2) is 4.79 Å². The maximum Gasteiger partial charge on any atom is 0.341 e. The monoisotopic (exact) mass is 336 g/mol. The van der Waals surface area contributed by atoms with Gasteiger partial charge in [0.1, 0.15) is 5.00 Å². The average Bonchev–Trinajstić information content (AvgIpc) is 2.84. The highest BCUT2D eigenvalue weighted by Gasteiger charge is 2.28. The number of nitrogens with one attached hydrogen (secondary N) is 2. The first kappa shape index (κ1) is 17.7. The molecule has 0 radical (unpaired) electrons. The lowest BCUT2D eigenvalue weighted by Crippen LogP contribution is -2.28.